The van der Waals surface area contributed by atoms with Crippen molar-refractivity contribution in [3.05, 3.63) is 53.9 Å². The number of methoxy groups -OCH3 is 1. The zero-order valence-electron chi connectivity index (χ0n) is 29.1. The molecule has 0 atom stereocenters. The van der Waals surface area contributed by atoms with Gasteiger partial charge in [0.25, 0.3) is 0 Å². The Balaban J connectivity index is 1.77. The van der Waals surface area contributed by atoms with Crippen molar-refractivity contribution in [3.63, 3.8) is 0 Å². The van der Waals surface area contributed by atoms with Crippen LogP contribution in [0.15, 0.2) is 52.9 Å². The van der Waals surface area contributed by atoms with Crippen molar-refractivity contribution in [2.24, 2.45) is 5.73 Å². The number of amides is 1. The molecule has 0 radical (unpaired) electrons. The Hall–Kier alpha value is -4.24. The van der Waals surface area contributed by atoms with Crippen molar-refractivity contribution in [2.45, 2.75) is 39.0 Å². The van der Waals surface area contributed by atoms with Crippen molar-refractivity contribution in [2.75, 3.05) is 90.3 Å². The summed E-state index contributed by atoms with van der Waals surface area (Å²) in [4.78, 5) is 19.1. The van der Waals surface area contributed by atoms with Crippen LogP contribution in [0.3, 0.4) is 0 Å². The number of nitrogens with two attached hydrogens (primary N) is 1. The van der Waals surface area contributed by atoms with Gasteiger partial charge in [0.15, 0.2) is 0 Å². The maximum absolute atomic E-state index is 12.5. The SMILES string of the molecule is CCN(CCCC(=O)NCCCCCN)c1cc(OC)c(-c2c3ccc(=[N+](C)C)cc-3oc3cc(N(C)C)ccc23)cc1N(C)C. The molecule has 0 saturated carbocycles. The van der Waals surface area contributed by atoms with Gasteiger partial charge in [-0.15, -0.1) is 0 Å². The number of rotatable bonds is 15. The molecule has 0 spiro atoms. The van der Waals surface area contributed by atoms with E-state index in [1.807, 2.05) is 28.2 Å². The third kappa shape index (κ3) is 7.94. The lowest BCUT2D eigenvalue weighted by Crippen LogP contribution is -2.29. The van der Waals surface area contributed by atoms with E-state index in [4.69, 9.17) is 14.9 Å². The zero-order chi connectivity index (χ0) is 33.4. The van der Waals surface area contributed by atoms with E-state index in [0.717, 1.165) is 100 Å². The molecule has 0 fully saturated rings. The van der Waals surface area contributed by atoms with Crippen LogP contribution in [0.1, 0.15) is 39.0 Å². The lowest BCUT2D eigenvalue weighted by atomic mass is 9.92. The third-order valence-electron chi connectivity index (χ3n) is 8.53. The first kappa shape index (κ1) is 34.6. The van der Waals surface area contributed by atoms with Gasteiger partial charge < -0.3 is 34.9 Å². The van der Waals surface area contributed by atoms with Crippen molar-refractivity contribution >= 4 is 33.9 Å². The van der Waals surface area contributed by atoms with Gasteiger partial charge >= 0.3 is 0 Å². The number of ether oxygens (including phenoxy) is 1. The summed E-state index contributed by atoms with van der Waals surface area (Å²) in [5.41, 5.74) is 12.7. The van der Waals surface area contributed by atoms with E-state index in [1.54, 1.807) is 7.11 Å². The number of hydrogen-bond donors (Lipinski definition) is 2. The summed E-state index contributed by atoms with van der Waals surface area (Å²) < 4.78 is 14.8. The molecular weight excluding hydrogens is 576 g/mol. The molecule has 46 heavy (non-hydrogen) atoms. The minimum atomic E-state index is 0.104. The zero-order valence-corrected chi connectivity index (χ0v) is 29.1. The monoisotopic (exact) mass is 629 g/mol. The van der Waals surface area contributed by atoms with Crippen LogP contribution in [0.25, 0.3) is 33.4 Å². The summed E-state index contributed by atoms with van der Waals surface area (Å²) in [7, 11) is 14.0. The fourth-order valence-corrected chi connectivity index (χ4v) is 5.89. The van der Waals surface area contributed by atoms with Crippen LogP contribution in [0.5, 0.6) is 5.75 Å². The molecule has 1 heterocycles. The average molecular weight is 630 g/mol. The summed E-state index contributed by atoms with van der Waals surface area (Å²) >= 11 is 0. The molecule has 0 aromatic heterocycles. The maximum atomic E-state index is 12.5. The van der Waals surface area contributed by atoms with Gasteiger partial charge in [0.1, 0.15) is 31.2 Å². The second-order valence-electron chi connectivity index (χ2n) is 12.4. The number of hydrogen-bond acceptors (Lipinski definition) is 7. The minimum absolute atomic E-state index is 0.104. The number of benzene rings is 3. The van der Waals surface area contributed by atoms with Crippen LogP contribution in [-0.2, 0) is 4.79 Å². The fraction of sp³-hybridized carbons (Fsp3) is 0.459. The van der Waals surface area contributed by atoms with Crippen LogP contribution < -0.4 is 40.4 Å². The minimum Gasteiger partial charge on any atom is -0.496 e. The first-order valence-electron chi connectivity index (χ1n) is 16.4. The highest BCUT2D eigenvalue weighted by atomic mass is 16.5. The highest BCUT2D eigenvalue weighted by molar-refractivity contribution is 6.05. The molecule has 248 valence electrons. The molecule has 9 nitrogen and oxygen atoms in total. The number of carbonyl (C=O) groups excluding carboxylic acids is 1. The van der Waals surface area contributed by atoms with E-state index in [-0.39, 0.29) is 5.91 Å². The Morgan fingerprint density at radius 3 is 2.35 bits per heavy atom. The van der Waals surface area contributed by atoms with Gasteiger partial charge in [-0.05, 0) is 57.0 Å². The van der Waals surface area contributed by atoms with Crippen LogP contribution in [0.4, 0.5) is 17.1 Å². The maximum Gasteiger partial charge on any atom is 0.220 e. The molecule has 1 aliphatic heterocycles. The Morgan fingerprint density at radius 2 is 1.70 bits per heavy atom. The summed E-state index contributed by atoms with van der Waals surface area (Å²) in [5, 5.41) is 5.15. The van der Waals surface area contributed by atoms with Crippen LogP contribution in [0.2, 0.25) is 0 Å². The molecular formula is C37H53N6O3+. The highest BCUT2D eigenvalue weighted by Gasteiger charge is 2.24. The van der Waals surface area contributed by atoms with E-state index >= 15 is 0 Å². The first-order chi connectivity index (χ1) is 22.1. The van der Waals surface area contributed by atoms with E-state index in [9.17, 15) is 4.79 Å². The molecule has 2 aliphatic rings. The number of fused-ring (bicyclic) bond motifs is 2. The van der Waals surface area contributed by atoms with Gasteiger partial charge in [0, 0.05) is 100 Å². The molecule has 1 amide bonds. The van der Waals surface area contributed by atoms with Gasteiger partial charge in [-0.25, -0.2) is 4.58 Å². The fourth-order valence-electron chi connectivity index (χ4n) is 5.89. The predicted molar refractivity (Wildman–Crippen MR) is 194 cm³/mol. The molecule has 9 heteroatoms. The number of anilines is 3. The number of nitrogens with zero attached hydrogens (tertiary/aromatic N) is 4. The smallest absolute Gasteiger partial charge is 0.220 e. The van der Waals surface area contributed by atoms with Crippen LogP contribution >= 0.6 is 0 Å². The number of carbonyl (C=O) groups is 1. The standard InChI is InChI=1S/C37H52N6O3/c1-9-43(21-13-14-36(44)39-20-12-10-11-19-38)32-25-33(45-8)30(24-31(32)42(6)7)37-28-17-15-26(40(2)3)22-34(28)46-35-23-27(41(4)5)16-18-29(35)37/h15-18,22-25H,9-14,19-21,38H2,1-8H3/p+1. The van der Waals surface area contributed by atoms with Gasteiger partial charge in [0.2, 0.25) is 11.3 Å². The molecule has 2 aromatic rings. The Bertz CT molecular complexity index is 1670. The van der Waals surface area contributed by atoms with E-state index in [0.29, 0.717) is 19.5 Å². The summed E-state index contributed by atoms with van der Waals surface area (Å²) in [6, 6.07) is 17.1. The molecule has 4 rings (SSSR count). The van der Waals surface area contributed by atoms with Crippen molar-refractivity contribution in [1.82, 2.24) is 9.89 Å². The largest absolute Gasteiger partial charge is 0.496 e. The molecule has 0 saturated heterocycles. The molecule has 2 aromatic carbocycles. The van der Waals surface area contributed by atoms with Crippen molar-refractivity contribution in [1.29, 1.82) is 0 Å². The van der Waals surface area contributed by atoms with Crippen LogP contribution in [0, 0.1) is 0 Å². The third-order valence-corrected chi connectivity index (χ3v) is 8.53. The Kier molecular flexibility index (Phi) is 11.9. The van der Waals surface area contributed by atoms with Crippen molar-refractivity contribution < 1.29 is 13.9 Å². The van der Waals surface area contributed by atoms with Gasteiger partial charge in [0.05, 0.1) is 24.6 Å². The van der Waals surface area contributed by atoms with E-state index in [2.05, 4.69) is 94.1 Å². The van der Waals surface area contributed by atoms with Crippen molar-refractivity contribution in [3.8, 4) is 28.2 Å². The van der Waals surface area contributed by atoms with E-state index < -0.39 is 0 Å². The molecule has 3 N–H and O–H groups in total. The normalized spacial score (nSPS) is 11.2. The summed E-state index contributed by atoms with van der Waals surface area (Å²) in [6.45, 7) is 5.13. The number of nitrogens with one attached hydrogen (secondary N) is 1. The average Bonchev–Trinajstić information content (AvgIpc) is 3.04. The lowest BCUT2D eigenvalue weighted by molar-refractivity contribution is -0.121. The van der Waals surface area contributed by atoms with E-state index in [1.165, 1.54) is 0 Å². The highest BCUT2D eigenvalue weighted by Crippen LogP contribution is 2.47. The quantitative estimate of drug-likeness (QED) is 0.106. The second kappa shape index (κ2) is 15.9. The molecule has 1 aliphatic carbocycles. The predicted octanol–water partition coefficient (Wildman–Crippen LogP) is 5.23. The first-order valence-corrected chi connectivity index (χ1v) is 16.4. The van der Waals surface area contributed by atoms with Gasteiger partial charge in [-0.2, -0.15) is 0 Å². The van der Waals surface area contributed by atoms with Gasteiger partial charge in [-0.1, -0.05) is 6.42 Å². The molecule has 0 bridgehead atoms. The number of unbranched alkanes of at least 4 members (excludes halogenated alkanes) is 2. The topological polar surface area (TPSA) is 90.2 Å². The van der Waals surface area contributed by atoms with Gasteiger partial charge in [-0.3, -0.25) is 4.79 Å². The second-order valence-corrected chi connectivity index (χ2v) is 12.4. The Labute approximate surface area is 274 Å². The summed E-state index contributed by atoms with van der Waals surface area (Å²) in [5.74, 6) is 1.71. The Morgan fingerprint density at radius 1 is 0.913 bits per heavy atom. The lowest BCUT2D eigenvalue weighted by Gasteiger charge is -2.30. The molecule has 0 unspecified atom stereocenters. The summed E-state index contributed by atoms with van der Waals surface area (Å²) in [6.07, 6.45) is 4.27. The van der Waals surface area contributed by atoms with Crippen LogP contribution in [-0.4, -0.2) is 81.5 Å².